The van der Waals surface area contributed by atoms with Gasteiger partial charge in [0.15, 0.2) is 17.7 Å². The number of hydrogen-bond acceptors (Lipinski definition) is 6. The van der Waals surface area contributed by atoms with Crippen LogP contribution < -0.4 is 16.3 Å². The van der Waals surface area contributed by atoms with Gasteiger partial charge >= 0.3 is 0 Å². The third-order valence-electron chi connectivity index (χ3n) is 5.32. The molecule has 0 spiro atoms. The van der Waals surface area contributed by atoms with Crippen molar-refractivity contribution < 1.29 is 28.6 Å². The lowest BCUT2D eigenvalue weighted by Gasteiger charge is -2.44. The summed E-state index contributed by atoms with van der Waals surface area (Å²) in [7, 11) is 0. The predicted molar refractivity (Wildman–Crippen MR) is 104 cm³/mol. The smallest absolute Gasteiger partial charge is 0.276 e. The van der Waals surface area contributed by atoms with Crippen molar-refractivity contribution in [1.29, 1.82) is 0 Å². The van der Waals surface area contributed by atoms with Gasteiger partial charge in [0, 0.05) is 17.8 Å². The molecule has 2 aliphatic rings. The van der Waals surface area contributed by atoms with Crippen LogP contribution in [0.1, 0.15) is 44.5 Å². The van der Waals surface area contributed by atoms with Crippen LogP contribution in [0.4, 0.5) is 4.39 Å². The molecule has 2 aliphatic heterocycles. The van der Waals surface area contributed by atoms with E-state index in [1.165, 1.54) is 21.6 Å². The van der Waals surface area contributed by atoms with Crippen molar-refractivity contribution >= 4 is 17.7 Å². The fourth-order valence-corrected chi connectivity index (χ4v) is 3.67. The molecule has 2 aromatic rings. The second kappa shape index (κ2) is 7.84. The monoisotopic (exact) mass is 430 g/mol. The molecule has 2 atom stereocenters. The number of nitrogens with one attached hydrogen (secondary N) is 2. The van der Waals surface area contributed by atoms with Gasteiger partial charge in [-0.15, -0.1) is 0 Å². The molecule has 1 aromatic carbocycles. The summed E-state index contributed by atoms with van der Waals surface area (Å²) in [6.45, 7) is 2.44. The zero-order chi connectivity index (χ0) is 22.3. The summed E-state index contributed by atoms with van der Waals surface area (Å²) < 4.78 is 19.9. The van der Waals surface area contributed by atoms with E-state index in [-0.39, 0.29) is 23.8 Å². The first kappa shape index (κ1) is 20.5. The Labute approximate surface area is 175 Å². The average molecular weight is 430 g/mol. The van der Waals surface area contributed by atoms with Crippen LogP contribution in [-0.4, -0.2) is 51.2 Å². The molecule has 1 fully saturated rings. The lowest BCUT2D eigenvalue weighted by molar-refractivity contribution is -0.112. The molecule has 0 unspecified atom stereocenters. The fourth-order valence-electron chi connectivity index (χ4n) is 3.67. The van der Waals surface area contributed by atoms with E-state index in [0.29, 0.717) is 13.0 Å². The third-order valence-corrected chi connectivity index (χ3v) is 5.32. The maximum atomic E-state index is 13.0. The summed E-state index contributed by atoms with van der Waals surface area (Å²) in [6.07, 6.45) is 1.19. The van der Waals surface area contributed by atoms with E-state index < -0.39 is 46.5 Å². The number of rotatable bonds is 2. The number of hydrogen-bond donors (Lipinski definition) is 3. The molecule has 31 heavy (non-hydrogen) atoms. The number of aromatic hydroxyl groups is 1. The number of halogens is 1. The van der Waals surface area contributed by atoms with E-state index in [2.05, 4.69) is 10.9 Å². The van der Waals surface area contributed by atoms with Crippen molar-refractivity contribution in [3.8, 4) is 5.75 Å². The first-order valence-electron chi connectivity index (χ1n) is 9.55. The van der Waals surface area contributed by atoms with Crippen molar-refractivity contribution in [3.05, 3.63) is 63.3 Å². The van der Waals surface area contributed by atoms with Crippen LogP contribution >= 0.6 is 0 Å². The van der Waals surface area contributed by atoms with E-state index in [0.717, 1.165) is 18.3 Å². The Bertz CT molecular complexity index is 1130. The van der Waals surface area contributed by atoms with Gasteiger partial charge in [-0.2, -0.15) is 0 Å². The highest BCUT2D eigenvalue weighted by Crippen LogP contribution is 2.29. The first-order valence-corrected chi connectivity index (χ1v) is 9.55. The topological polar surface area (TPSA) is 130 Å². The average Bonchev–Trinajstić information content (AvgIpc) is 2.74. The van der Waals surface area contributed by atoms with Crippen molar-refractivity contribution in [3.63, 3.8) is 0 Å². The van der Waals surface area contributed by atoms with Gasteiger partial charge in [-0.1, -0.05) is 0 Å². The summed E-state index contributed by atoms with van der Waals surface area (Å²) >= 11 is 0. The molecule has 0 saturated carbocycles. The van der Waals surface area contributed by atoms with Gasteiger partial charge in [0.2, 0.25) is 5.43 Å². The number of fused-ring (bicyclic) bond motifs is 2. The Morgan fingerprint density at radius 2 is 1.84 bits per heavy atom. The molecule has 4 rings (SSSR count). The number of hydrazine groups is 1. The Balaban J connectivity index is 1.57. The summed E-state index contributed by atoms with van der Waals surface area (Å²) in [5.41, 5.74) is 2.55. The highest BCUT2D eigenvalue weighted by Gasteiger charge is 2.41. The van der Waals surface area contributed by atoms with E-state index in [9.17, 15) is 28.7 Å². The van der Waals surface area contributed by atoms with E-state index in [1.807, 2.05) is 6.92 Å². The van der Waals surface area contributed by atoms with Crippen molar-refractivity contribution in [2.45, 2.75) is 32.2 Å². The minimum absolute atomic E-state index is 0.0842. The maximum Gasteiger partial charge on any atom is 0.276 e. The van der Waals surface area contributed by atoms with Gasteiger partial charge in [0.1, 0.15) is 11.4 Å². The van der Waals surface area contributed by atoms with Crippen LogP contribution in [-0.2, 0) is 11.3 Å². The minimum atomic E-state index is -1.04. The lowest BCUT2D eigenvalue weighted by Crippen LogP contribution is -2.57. The van der Waals surface area contributed by atoms with E-state index in [4.69, 9.17) is 4.74 Å². The minimum Gasteiger partial charge on any atom is -0.503 e. The first-order chi connectivity index (χ1) is 14.8. The predicted octanol–water partition coefficient (Wildman–Crippen LogP) is 0.359. The van der Waals surface area contributed by atoms with Crippen LogP contribution in [0.5, 0.6) is 5.75 Å². The third kappa shape index (κ3) is 3.63. The molecule has 0 aliphatic carbocycles. The number of ether oxygens (including phenoxy) is 1. The number of carbonyl (C=O) groups is 3. The van der Waals surface area contributed by atoms with Crippen LogP contribution in [0.2, 0.25) is 0 Å². The van der Waals surface area contributed by atoms with Gasteiger partial charge in [-0.25, -0.2) is 4.39 Å². The Kier molecular flexibility index (Phi) is 5.19. The Morgan fingerprint density at radius 1 is 1.16 bits per heavy atom. The Morgan fingerprint density at radius 3 is 2.55 bits per heavy atom. The van der Waals surface area contributed by atoms with Crippen LogP contribution in [0.15, 0.2) is 35.3 Å². The molecule has 1 saturated heterocycles. The van der Waals surface area contributed by atoms with Crippen LogP contribution in [0.3, 0.4) is 0 Å². The molecule has 0 bridgehead atoms. The highest BCUT2D eigenvalue weighted by molar-refractivity contribution is 6.01. The molecule has 162 valence electrons. The molecule has 3 N–H and O–H groups in total. The van der Waals surface area contributed by atoms with Gasteiger partial charge < -0.3 is 19.3 Å². The summed E-state index contributed by atoms with van der Waals surface area (Å²) in [5, 5.41) is 10.4. The number of amides is 3. The molecule has 3 heterocycles. The lowest BCUT2D eigenvalue weighted by atomic mass is 10.1. The van der Waals surface area contributed by atoms with Gasteiger partial charge in [0.25, 0.3) is 17.7 Å². The highest BCUT2D eigenvalue weighted by atomic mass is 19.1. The maximum absolute atomic E-state index is 13.0. The van der Waals surface area contributed by atoms with E-state index >= 15 is 0 Å². The van der Waals surface area contributed by atoms with Crippen molar-refractivity contribution in [2.75, 3.05) is 6.61 Å². The van der Waals surface area contributed by atoms with Crippen LogP contribution in [0, 0.1) is 5.82 Å². The number of pyridine rings is 1. The van der Waals surface area contributed by atoms with Crippen LogP contribution in [0.25, 0.3) is 0 Å². The van der Waals surface area contributed by atoms with Gasteiger partial charge in [-0.05, 0) is 37.6 Å². The Hall–Kier alpha value is -3.73. The molecule has 10 nitrogen and oxygen atoms in total. The SMILES string of the molecule is C[C@@H]1CCO[C@H]2Cn3cc(C(=O)NNC(=O)c4ccc(F)cc4)c(=O)c(O)c3C(=O)N12. The number of carbonyl (C=O) groups excluding carboxylic acids is 3. The molecule has 1 aromatic heterocycles. The van der Waals surface area contributed by atoms with Crippen molar-refractivity contribution in [1.82, 2.24) is 20.3 Å². The quantitative estimate of drug-likeness (QED) is 0.590. The molecular weight excluding hydrogens is 411 g/mol. The standard InChI is InChI=1S/C20H19FN4O6/c1-10-6-7-31-14-9-24-8-13(16(26)17(27)15(24)20(30)25(10)14)19(29)23-22-18(28)11-2-4-12(21)5-3-11/h2-5,8,10,14,27H,6-7,9H2,1H3,(H,22,28)(H,23,29)/t10-,14+/m1/s1. The van der Waals surface area contributed by atoms with Gasteiger partial charge in [0.05, 0.1) is 13.2 Å². The summed E-state index contributed by atoms with van der Waals surface area (Å²) in [6, 6.07) is 4.48. The van der Waals surface area contributed by atoms with Crippen molar-refractivity contribution in [2.24, 2.45) is 0 Å². The summed E-state index contributed by atoms with van der Waals surface area (Å²) in [5.74, 6) is -3.65. The second-order valence-electron chi connectivity index (χ2n) is 7.31. The molecule has 11 heteroatoms. The summed E-state index contributed by atoms with van der Waals surface area (Å²) in [4.78, 5) is 51.4. The van der Waals surface area contributed by atoms with Gasteiger partial charge in [-0.3, -0.25) is 30.0 Å². The largest absolute Gasteiger partial charge is 0.503 e. The zero-order valence-electron chi connectivity index (χ0n) is 16.4. The molecular formula is C20H19FN4O6. The number of aromatic nitrogens is 1. The van der Waals surface area contributed by atoms with E-state index in [1.54, 1.807) is 0 Å². The zero-order valence-corrected chi connectivity index (χ0v) is 16.4. The normalized spacial score (nSPS) is 19.9. The number of nitrogens with zero attached hydrogens (tertiary/aromatic N) is 2. The fraction of sp³-hybridized carbons (Fsp3) is 0.300. The second-order valence-corrected chi connectivity index (χ2v) is 7.31. The molecule has 3 amide bonds. The number of benzene rings is 1. The molecule has 0 radical (unpaired) electrons.